The Morgan fingerprint density at radius 3 is 2.36 bits per heavy atom. The molecule has 5 nitrogen and oxygen atoms in total. The van der Waals surface area contributed by atoms with Crippen LogP contribution < -0.4 is 9.62 Å². The zero-order valence-corrected chi connectivity index (χ0v) is 15.2. The van der Waals surface area contributed by atoms with E-state index >= 15 is 0 Å². The monoisotopic (exact) mass is 358 g/mol. The van der Waals surface area contributed by atoms with Gasteiger partial charge in [0.25, 0.3) is 10.0 Å². The second kappa shape index (κ2) is 7.98. The summed E-state index contributed by atoms with van der Waals surface area (Å²) in [7, 11) is -3.74. The summed E-state index contributed by atoms with van der Waals surface area (Å²) in [6.07, 6.45) is 2.29. The van der Waals surface area contributed by atoms with Gasteiger partial charge in [-0.2, -0.15) is 0 Å². The van der Waals surface area contributed by atoms with Crippen molar-refractivity contribution in [2.24, 2.45) is 0 Å². The third-order valence-corrected chi connectivity index (χ3v) is 5.49. The minimum Gasteiger partial charge on any atom is -0.326 e. The van der Waals surface area contributed by atoms with Crippen molar-refractivity contribution in [3.63, 3.8) is 0 Å². The Balaban J connectivity index is 2.46. The molecule has 0 radical (unpaired) electrons. The van der Waals surface area contributed by atoms with Gasteiger partial charge in [0, 0.05) is 12.6 Å². The first kappa shape index (κ1) is 18.7. The van der Waals surface area contributed by atoms with Crippen LogP contribution in [-0.4, -0.2) is 20.9 Å². The largest absolute Gasteiger partial charge is 0.326 e. The Morgan fingerprint density at radius 2 is 1.80 bits per heavy atom. The number of para-hydroxylation sites is 1. The number of benzene rings is 2. The lowest BCUT2D eigenvalue weighted by Crippen LogP contribution is -2.32. The van der Waals surface area contributed by atoms with E-state index in [4.69, 9.17) is 0 Å². The van der Waals surface area contributed by atoms with E-state index in [1.807, 2.05) is 25.1 Å². The molecule has 0 heterocycles. The van der Waals surface area contributed by atoms with E-state index in [-0.39, 0.29) is 17.3 Å². The molecule has 1 amide bonds. The van der Waals surface area contributed by atoms with Crippen molar-refractivity contribution in [2.45, 2.75) is 25.2 Å². The normalized spacial score (nSPS) is 11.0. The van der Waals surface area contributed by atoms with Crippen LogP contribution >= 0.6 is 0 Å². The molecule has 0 saturated heterocycles. The third-order valence-electron chi connectivity index (χ3n) is 3.70. The number of aryl methyl sites for hydroxylation is 1. The van der Waals surface area contributed by atoms with Crippen molar-refractivity contribution in [3.8, 4) is 0 Å². The van der Waals surface area contributed by atoms with E-state index in [0.29, 0.717) is 11.4 Å². The van der Waals surface area contributed by atoms with Gasteiger partial charge in [-0.15, -0.1) is 6.58 Å². The van der Waals surface area contributed by atoms with Crippen molar-refractivity contribution in [1.29, 1.82) is 0 Å². The maximum Gasteiger partial charge on any atom is 0.264 e. The van der Waals surface area contributed by atoms with Crippen LogP contribution in [0.15, 0.2) is 66.1 Å². The number of amides is 1. The Bertz CT molecular complexity index is 858. The fourth-order valence-electron chi connectivity index (χ4n) is 2.54. The van der Waals surface area contributed by atoms with Gasteiger partial charge in [-0.3, -0.25) is 9.10 Å². The Morgan fingerprint density at radius 1 is 1.16 bits per heavy atom. The maximum absolute atomic E-state index is 13.1. The van der Waals surface area contributed by atoms with E-state index in [2.05, 4.69) is 11.9 Å². The highest BCUT2D eigenvalue weighted by atomic mass is 32.2. The van der Waals surface area contributed by atoms with Gasteiger partial charge in [0.05, 0.1) is 17.1 Å². The molecule has 132 valence electrons. The predicted octanol–water partition coefficient (Wildman–Crippen LogP) is 3.59. The molecule has 2 aromatic rings. The number of sulfonamides is 1. The third kappa shape index (κ3) is 4.28. The first-order valence-electron chi connectivity index (χ1n) is 7.99. The average molecular weight is 358 g/mol. The Kier molecular flexibility index (Phi) is 5.98. The average Bonchev–Trinajstić information content (AvgIpc) is 2.59. The smallest absolute Gasteiger partial charge is 0.264 e. The maximum atomic E-state index is 13.1. The molecular weight excluding hydrogens is 336 g/mol. The molecule has 2 rings (SSSR count). The summed E-state index contributed by atoms with van der Waals surface area (Å²) in [5, 5.41) is 2.62. The minimum atomic E-state index is -3.74. The lowest BCUT2D eigenvalue weighted by molar-refractivity contribution is -0.114. The zero-order chi connectivity index (χ0) is 18.4. The summed E-state index contributed by atoms with van der Waals surface area (Å²) < 4.78 is 27.6. The van der Waals surface area contributed by atoms with E-state index in [0.717, 1.165) is 12.0 Å². The van der Waals surface area contributed by atoms with Crippen molar-refractivity contribution in [3.05, 3.63) is 66.7 Å². The molecule has 25 heavy (non-hydrogen) atoms. The number of nitrogens with one attached hydrogen (secondary N) is 1. The van der Waals surface area contributed by atoms with E-state index < -0.39 is 10.0 Å². The molecule has 0 saturated carbocycles. The molecule has 0 fully saturated rings. The molecule has 0 aliphatic rings. The van der Waals surface area contributed by atoms with Crippen LogP contribution in [0, 0.1) is 0 Å². The molecule has 0 aromatic heterocycles. The van der Waals surface area contributed by atoms with Crippen molar-refractivity contribution in [1.82, 2.24) is 0 Å². The molecule has 0 unspecified atom stereocenters. The van der Waals surface area contributed by atoms with Crippen LogP contribution in [0.1, 0.15) is 19.4 Å². The predicted molar refractivity (Wildman–Crippen MR) is 101 cm³/mol. The fourth-order valence-corrected chi connectivity index (χ4v) is 4.01. The topological polar surface area (TPSA) is 66.5 Å². The Hall–Kier alpha value is -2.60. The number of anilines is 2. The summed E-state index contributed by atoms with van der Waals surface area (Å²) in [5.41, 5.74) is 2.15. The van der Waals surface area contributed by atoms with Crippen LogP contribution in [0.4, 0.5) is 11.4 Å². The second-order valence-corrected chi connectivity index (χ2v) is 7.37. The lowest BCUT2D eigenvalue weighted by atomic mass is 10.1. The van der Waals surface area contributed by atoms with Crippen molar-refractivity contribution < 1.29 is 13.2 Å². The molecule has 0 atom stereocenters. The number of rotatable bonds is 7. The summed E-state index contributed by atoms with van der Waals surface area (Å²) in [4.78, 5) is 11.3. The van der Waals surface area contributed by atoms with Crippen LogP contribution in [-0.2, 0) is 21.2 Å². The van der Waals surface area contributed by atoms with E-state index in [9.17, 15) is 13.2 Å². The van der Waals surface area contributed by atoms with Gasteiger partial charge in [-0.05, 0) is 42.3 Å². The fraction of sp³-hybridized carbons (Fsp3) is 0.211. The number of hydrogen-bond acceptors (Lipinski definition) is 3. The van der Waals surface area contributed by atoms with Gasteiger partial charge >= 0.3 is 0 Å². The van der Waals surface area contributed by atoms with Gasteiger partial charge in [0.2, 0.25) is 5.91 Å². The SMILES string of the molecule is C=CCN(c1ccccc1CC)S(=O)(=O)c1ccc(NC(C)=O)cc1. The van der Waals surface area contributed by atoms with Gasteiger partial charge in [0.1, 0.15) is 0 Å². The highest BCUT2D eigenvalue weighted by Gasteiger charge is 2.25. The Labute approximate surface area is 149 Å². The molecule has 0 aliphatic carbocycles. The summed E-state index contributed by atoms with van der Waals surface area (Å²) in [5.74, 6) is -0.208. The van der Waals surface area contributed by atoms with Gasteiger partial charge in [-0.1, -0.05) is 31.2 Å². The standard InChI is InChI=1S/C19H22N2O3S/c1-4-14-21(19-9-7-6-8-16(19)5-2)25(23,24)18-12-10-17(11-13-18)20-15(3)22/h4,6-13H,1,5,14H2,2-3H3,(H,20,22). The van der Waals surface area contributed by atoms with Crippen LogP contribution in [0.2, 0.25) is 0 Å². The quantitative estimate of drug-likeness (QED) is 0.769. The number of carbonyl (C=O) groups is 1. The molecule has 6 heteroatoms. The summed E-state index contributed by atoms with van der Waals surface area (Å²) in [6, 6.07) is 13.6. The van der Waals surface area contributed by atoms with Gasteiger partial charge in [-0.25, -0.2) is 8.42 Å². The first-order valence-corrected chi connectivity index (χ1v) is 9.43. The molecular formula is C19H22N2O3S. The summed E-state index contributed by atoms with van der Waals surface area (Å²) >= 11 is 0. The van der Waals surface area contributed by atoms with E-state index in [1.54, 1.807) is 24.3 Å². The van der Waals surface area contributed by atoms with Gasteiger partial charge < -0.3 is 5.32 Å². The van der Waals surface area contributed by atoms with Crippen LogP contribution in [0.5, 0.6) is 0 Å². The van der Waals surface area contributed by atoms with Crippen LogP contribution in [0.3, 0.4) is 0 Å². The molecule has 0 bridgehead atoms. The second-order valence-electron chi connectivity index (χ2n) is 5.51. The van der Waals surface area contributed by atoms with Crippen molar-refractivity contribution >= 4 is 27.3 Å². The highest BCUT2D eigenvalue weighted by Crippen LogP contribution is 2.28. The van der Waals surface area contributed by atoms with Crippen molar-refractivity contribution in [2.75, 3.05) is 16.2 Å². The lowest BCUT2D eigenvalue weighted by Gasteiger charge is -2.25. The number of carbonyl (C=O) groups excluding carboxylic acids is 1. The van der Waals surface area contributed by atoms with Gasteiger partial charge in [0.15, 0.2) is 0 Å². The zero-order valence-electron chi connectivity index (χ0n) is 14.4. The minimum absolute atomic E-state index is 0.161. The number of hydrogen-bond donors (Lipinski definition) is 1. The molecule has 0 spiro atoms. The summed E-state index contributed by atoms with van der Waals surface area (Å²) in [6.45, 7) is 7.24. The molecule has 1 N–H and O–H groups in total. The molecule has 0 aliphatic heterocycles. The van der Waals surface area contributed by atoms with Crippen LogP contribution in [0.25, 0.3) is 0 Å². The number of nitrogens with zero attached hydrogens (tertiary/aromatic N) is 1. The first-order chi connectivity index (χ1) is 11.9. The molecule has 2 aromatic carbocycles. The highest BCUT2D eigenvalue weighted by molar-refractivity contribution is 7.92. The van der Waals surface area contributed by atoms with E-state index in [1.165, 1.54) is 23.4 Å².